The molecule has 1 aromatic heterocycles. The Kier molecular flexibility index (Phi) is 5.85. The summed E-state index contributed by atoms with van der Waals surface area (Å²) in [6, 6.07) is 15.7. The molecule has 0 spiro atoms. The molecule has 2 aromatic carbocycles. The van der Waals surface area contributed by atoms with E-state index in [0.29, 0.717) is 16.8 Å². The lowest BCUT2D eigenvalue weighted by atomic mass is 10.1. The lowest BCUT2D eigenvalue weighted by molar-refractivity contribution is -0.115. The zero-order valence-corrected chi connectivity index (χ0v) is 17.6. The second kappa shape index (κ2) is 8.51. The van der Waals surface area contributed by atoms with Crippen LogP contribution in [0.15, 0.2) is 52.9 Å². The molecular weight excluding hydrogens is 412 g/mol. The molecule has 3 aromatic rings. The van der Waals surface area contributed by atoms with Gasteiger partial charge in [0.05, 0.1) is 0 Å². The minimum Gasteiger partial charge on any atom is -0.357 e. The molecule has 1 fully saturated rings. The molecule has 5 nitrogen and oxygen atoms in total. The van der Waals surface area contributed by atoms with Gasteiger partial charge < -0.3 is 10.6 Å². The highest BCUT2D eigenvalue weighted by Crippen LogP contribution is 2.39. The van der Waals surface area contributed by atoms with Crippen molar-refractivity contribution < 1.29 is 4.79 Å². The number of halogens is 1. The first kappa shape index (κ1) is 19.2. The van der Waals surface area contributed by atoms with E-state index in [2.05, 4.69) is 20.8 Å². The standard InChI is InChI=1S/C20H19ClN4OS2/c1-12-7-8-15(11-16(12)21)22-18(26)17(13-5-3-2-4-6-13)27-20-25-24-19(28-20)23-14-9-10-14/h2-8,11,14,17H,9-10H2,1H3,(H,22,26)(H,23,24). The Labute approximate surface area is 176 Å². The fourth-order valence-corrected chi connectivity index (χ4v) is 4.80. The predicted molar refractivity (Wildman–Crippen MR) is 116 cm³/mol. The van der Waals surface area contributed by atoms with Gasteiger partial charge in [-0.05, 0) is 43.0 Å². The van der Waals surface area contributed by atoms with Crippen LogP contribution in [0.25, 0.3) is 0 Å². The van der Waals surface area contributed by atoms with Gasteiger partial charge in [-0.3, -0.25) is 4.79 Å². The first-order chi connectivity index (χ1) is 13.6. The van der Waals surface area contributed by atoms with Crippen molar-refractivity contribution in [2.75, 3.05) is 10.6 Å². The quantitative estimate of drug-likeness (QED) is 0.481. The molecule has 0 radical (unpaired) electrons. The summed E-state index contributed by atoms with van der Waals surface area (Å²) >= 11 is 9.08. The number of carbonyl (C=O) groups excluding carboxylic acids is 1. The van der Waals surface area contributed by atoms with Crippen LogP contribution in [0.3, 0.4) is 0 Å². The van der Waals surface area contributed by atoms with Gasteiger partial charge >= 0.3 is 0 Å². The number of aromatic nitrogens is 2. The number of carbonyl (C=O) groups is 1. The van der Waals surface area contributed by atoms with E-state index in [-0.39, 0.29) is 5.91 Å². The van der Waals surface area contributed by atoms with Crippen LogP contribution in [-0.2, 0) is 4.79 Å². The summed E-state index contributed by atoms with van der Waals surface area (Å²) in [6.07, 6.45) is 2.35. The van der Waals surface area contributed by atoms with Crippen molar-refractivity contribution in [1.82, 2.24) is 10.2 Å². The Balaban J connectivity index is 1.53. The van der Waals surface area contributed by atoms with Gasteiger partial charge in [0, 0.05) is 16.8 Å². The molecule has 1 unspecified atom stereocenters. The van der Waals surface area contributed by atoms with E-state index in [4.69, 9.17) is 11.6 Å². The fraction of sp³-hybridized carbons (Fsp3) is 0.250. The van der Waals surface area contributed by atoms with Crippen LogP contribution in [0.5, 0.6) is 0 Å². The van der Waals surface area contributed by atoms with Crippen molar-refractivity contribution in [3.8, 4) is 0 Å². The maximum Gasteiger partial charge on any atom is 0.242 e. The number of hydrogen-bond acceptors (Lipinski definition) is 6. The largest absolute Gasteiger partial charge is 0.357 e. The van der Waals surface area contributed by atoms with Crippen LogP contribution in [0.1, 0.15) is 29.2 Å². The zero-order valence-electron chi connectivity index (χ0n) is 15.2. The van der Waals surface area contributed by atoms with Crippen molar-refractivity contribution >= 4 is 51.4 Å². The van der Waals surface area contributed by atoms with Crippen molar-refractivity contribution in [3.05, 3.63) is 64.7 Å². The third kappa shape index (κ3) is 4.84. The van der Waals surface area contributed by atoms with E-state index in [1.165, 1.54) is 35.9 Å². The average molecular weight is 431 g/mol. The minimum absolute atomic E-state index is 0.122. The number of aryl methyl sites for hydroxylation is 1. The summed E-state index contributed by atoms with van der Waals surface area (Å²) in [6.45, 7) is 1.93. The zero-order chi connectivity index (χ0) is 19.5. The molecule has 2 N–H and O–H groups in total. The first-order valence-electron chi connectivity index (χ1n) is 8.97. The number of anilines is 2. The number of nitrogens with one attached hydrogen (secondary N) is 2. The molecule has 1 amide bonds. The van der Waals surface area contributed by atoms with Gasteiger partial charge in [-0.25, -0.2) is 0 Å². The summed E-state index contributed by atoms with van der Waals surface area (Å²) in [5, 5.41) is 15.8. The van der Waals surface area contributed by atoms with Crippen molar-refractivity contribution in [3.63, 3.8) is 0 Å². The minimum atomic E-state index is -0.442. The molecule has 0 bridgehead atoms. The van der Waals surface area contributed by atoms with Gasteiger partial charge in [0.25, 0.3) is 0 Å². The van der Waals surface area contributed by atoms with E-state index in [1.54, 1.807) is 6.07 Å². The molecule has 0 saturated heterocycles. The number of thioether (sulfide) groups is 1. The summed E-state index contributed by atoms with van der Waals surface area (Å²) in [5.41, 5.74) is 2.56. The van der Waals surface area contributed by atoms with E-state index < -0.39 is 5.25 Å². The number of nitrogens with zero attached hydrogens (tertiary/aromatic N) is 2. The van der Waals surface area contributed by atoms with E-state index in [0.717, 1.165) is 20.6 Å². The normalized spacial score (nSPS) is 14.5. The molecule has 0 aliphatic heterocycles. The van der Waals surface area contributed by atoms with Gasteiger partial charge in [-0.2, -0.15) is 0 Å². The van der Waals surface area contributed by atoms with E-state index >= 15 is 0 Å². The monoisotopic (exact) mass is 430 g/mol. The number of hydrogen-bond donors (Lipinski definition) is 2. The number of benzene rings is 2. The van der Waals surface area contributed by atoms with Crippen LogP contribution >= 0.6 is 34.7 Å². The molecule has 1 aliphatic carbocycles. The van der Waals surface area contributed by atoms with Crippen molar-refractivity contribution in [2.45, 2.75) is 35.4 Å². The highest BCUT2D eigenvalue weighted by Gasteiger charge is 2.26. The molecular formula is C20H19ClN4OS2. The lowest BCUT2D eigenvalue weighted by Crippen LogP contribution is -2.19. The van der Waals surface area contributed by atoms with Crippen LogP contribution in [0, 0.1) is 6.92 Å². The molecule has 4 rings (SSSR count). The van der Waals surface area contributed by atoms with Gasteiger partial charge in [0.1, 0.15) is 5.25 Å². The Morgan fingerprint density at radius 1 is 1.21 bits per heavy atom. The van der Waals surface area contributed by atoms with Gasteiger partial charge in [0.15, 0.2) is 4.34 Å². The molecule has 144 valence electrons. The van der Waals surface area contributed by atoms with E-state index in [1.807, 2.05) is 49.4 Å². The maximum atomic E-state index is 13.1. The van der Waals surface area contributed by atoms with Crippen LogP contribution in [-0.4, -0.2) is 22.1 Å². The Bertz CT molecular complexity index is 975. The summed E-state index contributed by atoms with van der Waals surface area (Å²) in [5.74, 6) is -0.122. The summed E-state index contributed by atoms with van der Waals surface area (Å²) in [7, 11) is 0. The third-order valence-corrected chi connectivity index (χ3v) is 6.91. The van der Waals surface area contributed by atoms with Crippen molar-refractivity contribution in [1.29, 1.82) is 0 Å². The van der Waals surface area contributed by atoms with E-state index in [9.17, 15) is 4.79 Å². The second-order valence-corrected chi connectivity index (χ2v) is 9.39. The maximum absolute atomic E-state index is 13.1. The Hall–Kier alpha value is -2.09. The molecule has 1 aliphatic rings. The fourth-order valence-electron chi connectivity index (χ4n) is 2.60. The Morgan fingerprint density at radius 3 is 2.71 bits per heavy atom. The van der Waals surface area contributed by atoms with Crippen LogP contribution in [0.2, 0.25) is 5.02 Å². The molecule has 1 saturated carbocycles. The first-order valence-corrected chi connectivity index (χ1v) is 11.0. The Morgan fingerprint density at radius 2 is 2.00 bits per heavy atom. The molecule has 1 atom stereocenters. The highest BCUT2D eigenvalue weighted by molar-refractivity contribution is 8.02. The van der Waals surface area contributed by atoms with Crippen LogP contribution < -0.4 is 10.6 Å². The smallest absolute Gasteiger partial charge is 0.242 e. The number of amides is 1. The van der Waals surface area contributed by atoms with Crippen LogP contribution in [0.4, 0.5) is 10.8 Å². The SMILES string of the molecule is Cc1ccc(NC(=O)C(Sc2nnc(NC3CC3)s2)c2ccccc2)cc1Cl. The summed E-state index contributed by atoms with van der Waals surface area (Å²) < 4.78 is 0.758. The molecule has 8 heteroatoms. The van der Waals surface area contributed by atoms with Gasteiger partial charge in [-0.1, -0.05) is 71.1 Å². The molecule has 28 heavy (non-hydrogen) atoms. The topological polar surface area (TPSA) is 66.9 Å². The average Bonchev–Trinajstić information content (AvgIpc) is 3.40. The predicted octanol–water partition coefficient (Wildman–Crippen LogP) is 5.55. The highest BCUT2D eigenvalue weighted by atomic mass is 35.5. The number of rotatable bonds is 7. The third-order valence-electron chi connectivity index (χ3n) is 4.31. The second-order valence-electron chi connectivity index (χ2n) is 6.65. The molecule has 1 heterocycles. The van der Waals surface area contributed by atoms with Crippen molar-refractivity contribution in [2.24, 2.45) is 0 Å². The van der Waals surface area contributed by atoms with Gasteiger partial charge in [0.2, 0.25) is 11.0 Å². The lowest BCUT2D eigenvalue weighted by Gasteiger charge is -2.16. The summed E-state index contributed by atoms with van der Waals surface area (Å²) in [4.78, 5) is 13.1. The van der Waals surface area contributed by atoms with Gasteiger partial charge in [-0.15, -0.1) is 10.2 Å².